The van der Waals surface area contributed by atoms with Gasteiger partial charge in [-0.2, -0.15) is 0 Å². The first-order valence-electron chi connectivity index (χ1n) is 5.86. The van der Waals surface area contributed by atoms with E-state index in [1.165, 1.54) is 0 Å². The van der Waals surface area contributed by atoms with E-state index in [-0.39, 0.29) is 6.42 Å². The summed E-state index contributed by atoms with van der Waals surface area (Å²) >= 11 is 0. The van der Waals surface area contributed by atoms with Crippen molar-refractivity contribution in [3.05, 3.63) is 0 Å². The van der Waals surface area contributed by atoms with Crippen molar-refractivity contribution in [1.29, 1.82) is 0 Å². The van der Waals surface area contributed by atoms with Crippen LogP contribution in [0.25, 0.3) is 0 Å². The number of aliphatic carboxylic acids is 2. The van der Waals surface area contributed by atoms with E-state index in [0.717, 1.165) is 0 Å². The summed E-state index contributed by atoms with van der Waals surface area (Å²) in [6.45, 7) is 1.62. The minimum Gasteiger partial charge on any atom is -0.481 e. The molecule has 0 radical (unpaired) electrons. The highest BCUT2D eigenvalue weighted by Crippen LogP contribution is 2.59. The second-order valence-corrected chi connectivity index (χ2v) is 8.38. The minimum absolute atomic E-state index is 0.0465. The van der Waals surface area contributed by atoms with E-state index in [1.807, 2.05) is 0 Å². The molecular formula is C9H18O10P2. The molecule has 124 valence electrons. The van der Waals surface area contributed by atoms with Crippen molar-refractivity contribution >= 4 is 27.1 Å². The van der Waals surface area contributed by atoms with Crippen LogP contribution in [0, 0.1) is 0 Å². The summed E-state index contributed by atoms with van der Waals surface area (Å²) in [6.07, 6.45) is -1.54. The van der Waals surface area contributed by atoms with Crippen molar-refractivity contribution in [3.8, 4) is 0 Å². The molecule has 0 saturated carbocycles. The van der Waals surface area contributed by atoms with Crippen molar-refractivity contribution in [3.63, 3.8) is 0 Å². The number of carboxylic acid groups (broad SMARTS) is 2. The fourth-order valence-electron chi connectivity index (χ4n) is 1.82. The molecular weight excluding hydrogens is 330 g/mol. The normalized spacial score (nSPS) is 17.0. The summed E-state index contributed by atoms with van der Waals surface area (Å²) in [4.78, 5) is 58.8. The Hall–Kier alpha value is -0.760. The number of carboxylic acids is 2. The van der Waals surface area contributed by atoms with E-state index in [4.69, 9.17) is 20.0 Å². The van der Waals surface area contributed by atoms with Crippen molar-refractivity contribution < 1.29 is 48.5 Å². The number of unbranched alkanes of at least 4 members (excludes halogenated alkanes) is 1. The molecule has 10 nitrogen and oxygen atoms in total. The van der Waals surface area contributed by atoms with Crippen LogP contribution in [0.2, 0.25) is 0 Å². The second-order valence-electron chi connectivity index (χ2n) is 4.63. The molecule has 0 aliphatic rings. The van der Waals surface area contributed by atoms with Gasteiger partial charge in [-0.15, -0.1) is 0 Å². The Kier molecular flexibility index (Phi) is 6.75. The average Bonchev–Trinajstić information content (AvgIpc) is 2.24. The Bertz CT molecular complexity index is 491. The molecule has 2 atom stereocenters. The van der Waals surface area contributed by atoms with Crippen LogP contribution in [-0.4, -0.2) is 52.5 Å². The number of carbonyl (C=O) groups is 2. The Balaban J connectivity index is 5.91. The molecule has 0 amide bonds. The van der Waals surface area contributed by atoms with Crippen LogP contribution in [0.1, 0.15) is 32.6 Å². The first kappa shape index (κ1) is 20.2. The largest absolute Gasteiger partial charge is 0.481 e. The highest BCUT2D eigenvalue weighted by atomic mass is 31.2. The highest BCUT2D eigenvalue weighted by molar-refractivity contribution is 7.55. The van der Waals surface area contributed by atoms with E-state index >= 15 is 0 Å². The lowest BCUT2D eigenvalue weighted by atomic mass is 9.95. The van der Waals surface area contributed by atoms with Crippen LogP contribution in [0.15, 0.2) is 0 Å². The van der Waals surface area contributed by atoms with Gasteiger partial charge < -0.3 is 29.8 Å². The zero-order chi connectivity index (χ0) is 17.1. The summed E-state index contributed by atoms with van der Waals surface area (Å²) in [5.41, 5.74) is -2.50. The molecule has 2 unspecified atom stereocenters. The standard InChI is InChI=1S/C9H18O10P2/c1-2-3-4-9(8(12)13,21(17,18)19)5-6(7(10)11)20(14,15)16/h6H,2-5H2,1H3,(H,10,11)(H,12,13)(H2,14,15,16)(H2,17,18,19). The molecule has 21 heavy (non-hydrogen) atoms. The van der Waals surface area contributed by atoms with E-state index < -0.39 is 50.8 Å². The van der Waals surface area contributed by atoms with E-state index in [2.05, 4.69) is 0 Å². The van der Waals surface area contributed by atoms with E-state index in [0.29, 0.717) is 6.42 Å². The van der Waals surface area contributed by atoms with Gasteiger partial charge in [-0.1, -0.05) is 19.8 Å². The molecule has 0 aromatic heterocycles. The van der Waals surface area contributed by atoms with Gasteiger partial charge in [-0.25, -0.2) is 0 Å². The number of rotatable bonds is 9. The predicted octanol–water partition coefficient (Wildman–Crippen LogP) is 0.199. The van der Waals surface area contributed by atoms with Gasteiger partial charge in [0.15, 0.2) is 10.8 Å². The van der Waals surface area contributed by atoms with Gasteiger partial charge >= 0.3 is 27.1 Å². The molecule has 0 saturated heterocycles. The first-order valence-corrected chi connectivity index (χ1v) is 9.16. The smallest absolute Gasteiger partial charge is 0.342 e. The maximum Gasteiger partial charge on any atom is 0.342 e. The van der Waals surface area contributed by atoms with E-state index in [9.17, 15) is 28.5 Å². The third-order valence-electron chi connectivity index (χ3n) is 3.12. The Labute approximate surface area is 120 Å². The van der Waals surface area contributed by atoms with Crippen molar-refractivity contribution in [2.45, 2.75) is 43.4 Å². The lowest BCUT2D eigenvalue weighted by molar-refractivity contribution is -0.142. The summed E-state index contributed by atoms with van der Waals surface area (Å²) in [5, 5.41) is 15.1. The monoisotopic (exact) mass is 348 g/mol. The summed E-state index contributed by atoms with van der Waals surface area (Å²) < 4.78 is 22.7. The first-order chi connectivity index (χ1) is 9.29. The van der Waals surface area contributed by atoms with Crippen LogP contribution in [0.4, 0.5) is 0 Å². The van der Waals surface area contributed by atoms with Crippen molar-refractivity contribution in [2.75, 3.05) is 0 Å². The SMILES string of the molecule is CCCCC(CC(C(=O)O)P(=O)(O)O)(C(=O)O)P(=O)(O)O. The molecule has 0 aliphatic carbocycles. The van der Waals surface area contributed by atoms with Crippen LogP contribution in [-0.2, 0) is 18.7 Å². The molecule has 0 bridgehead atoms. The van der Waals surface area contributed by atoms with Crippen molar-refractivity contribution in [1.82, 2.24) is 0 Å². The summed E-state index contributed by atoms with van der Waals surface area (Å²) in [5.74, 6) is -4.00. The number of hydrogen-bond acceptors (Lipinski definition) is 4. The van der Waals surface area contributed by atoms with E-state index in [1.54, 1.807) is 6.92 Å². The maximum absolute atomic E-state index is 11.6. The van der Waals surface area contributed by atoms with Crippen LogP contribution in [0.5, 0.6) is 0 Å². The molecule has 0 spiro atoms. The van der Waals surface area contributed by atoms with Crippen LogP contribution in [0.3, 0.4) is 0 Å². The van der Waals surface area contributed by atoms with Crippen LogP contribution >= 0.6 is 15.2 Å². The van der Waals surface area contributed by atoms with Gasteiger partial charge in [0.2, 0.25) is 0 Å². The quantitative estimate of drug-likeness (QED) is 0.314. The zero-order valence-corrected chi connectivity index (χ0v) is 12.9. The van der Waals surface area contributed by atoms with Gasteiger partial charge in [0.05, 0.1) is 0 Å². The lowest BCUT2D eigenvalue weighted by Crippen LogP contribution is -2.43. The Morgan fingerprint density at radius 1 is 1.10 bits per heavy atom. The van der Waals surface area contributed by atoms with Crippen LogP contribution < -0.4 is 0 Å². The molecule has 0 aliphatic heterocycles. The molecule has 12 heteroatoms. The zero-order valence-electron chi connectivity index (χ0n) is 11.1. The van der Waals surface area contributed by atoms with Gasteiger partial charge in [0, 0.05) is 0 Å². The second kappa shape index (κ2) is 7.00. The topological polar surface area (TPSA) is 190 Å². The average molecular weight is 348 g/mol. The molecule has 0 rings (SSSR count). The van der Waals surface area contributed by atoms with Gasteiger partial charge in [-0.3, -0.25) is 18.7 Å². The third-order valence-corrected chi connectivity index (χ3v) is 6.05. The molecule has 6 N–H and O–H groups in total. The molecule has 0 aromatic carbocycles. The third kappa shape index (κ3) is 4.88. The van der Waals surface area contributed by atoms with Gasteiger partial charge in [0.1, 0.15) is 0 Å². The van der Waals surface area contributed by atoms with Crippen molar-refractivity contribution in [2.24, 2.45) is 0 Å². The Morgan fingerprint density at radius 3 is 1.81 bits per heavy atom. The maximum atomic E-state index is 11.6. The number of hydrogen-bond donors (Lipinski definition) is 6. The van der Waals surface area contributed by atoms with Gasteiger partial charge in [0.25, 0.3) is 0 Å². The fraction of sp³-hybridized carbons (Fsp3) is 0.778. The van der Waals surface area contributed by atoms with Gasteiger partial charge in [-0.05, 0) is 12.8 Å². The molecule has 0 aromatic rings. The predicted molar refractivity (Wildman–Crippen MR) is 70.0 cm³/mol. The molecule has 0 fully saturated rings. The fourth-order valence-corrected chi connectivity index (χ4v) is 3.92. The summed E-state index contributed by atoms with van der Waals surface area (Å²) in [7, 11) is -10.6. The molecule has 0 heterocycles. The lowest BCUT2D eigenvalue weighted by Gasteiger charge is -2.32. The minimum atomic E-state index is -5.36. The summed E-state index contributed by atoms with van der Waals surface area (Å²) in [6, 6.07) is 0. The highest BCUT2D eigenvalue weighted by Gasteiger charge is 2.57. The Morgan fingerprint density at radius 2 is 1.57 bits per heavy atom.